The van der Waals surface area contributed by atoms with Crippen molar-refractivity contribution in [2.45, 2.75) is 18.9 Å². The molecular weight excluding hydrogens is 253 g/mol. The van der Waals surface area contributed by atoms with Crippen LogP contribution in [0, 0.1) is 21.8 Å². The highest BCUT2D eigenvalue weighted by molar-refractivity contribution is 5.98. The first-order valence-corrected chi connectivity index (χ1v) is 5.97. The fourth-order valence-electron chi connectivity index (χ4n) is 1.96. The average Bonchev–Trinajstić information content (AvgIpc) is 3.19. The quantitative estimate of drug-likeness (QED) is 0.618. The third kappa shape index (κ3) is 3.05. The number of rotatable bonds is 5. The maximum absolute atomic E-state index is 13.1. The fraction of sp³-hybridized carbons (Fsp3) is 0.417. The minimum Gasteiger partial charge on any atom is -0.348 e. The maximum atomic E-state index is 13.1. The fourth-order valence-corrected chi connectivity index (χ4v) is 1.96. The Hall–Kier alpha value is -2.02. The minimum absolute atomic E-state index is 0.213. The number of nitrogens with two attached hydrogens (primary N) is 1. The van der Waals surface area contributed by atoms with Crippen molar-refractivity contribution in [3.8, 4) is 0 Å². The summed E-state index contributed by atoms with van der Waals surface area (Å²) in [7, 11) is 0. The Morgan fingerprint density at radius 3 is 2.79 bits per heavy atom. The van der Waals surface area contributed by atoms with Crippen LogP contribution in [0.3, 0.4) is 0 Å². The van der Waals surface area contributed by atoms with Gasteiger partial charge in [-0.1, -0.05) is 0 Å². The molecule has 0 aromatic heterocycles. The zero-order valence-corrected chi connectivity index (χ0v) is 10.1. The van der Waals surface area contributed by atoms with Gasteiger partial charge in [0.15, 0.2) is 0 Å². The van der Waals surface area contributed by atoms with Gasteiger partial charge in [-0.05, 0) is 30.9 Å². The number of hydrogen-bond donors (Lipinski definition) is 2. The van der Waals surface area contributed by atoms with Crippen LogP contribution < -0.4 is 11.1 Å². The van der Waals surface area contributed by atoms with E-state index in [1.807, 2.05) is 0 Å². The lowest BCUT2D eigenvalue weighted by atomic mass is 10.1. The van der Waals surface area contributed by atoms with Crippen molar-refractivity contribution < 1.29 is 14.1 Å². The monoisotopic (exact) mass is 267 g/mol. The lowest BCUT2D eigenvalue weighted by molar-refractivity contribution is -0.385. The normalized spacial score (nSPS) is 15.9. The summed E-state index contributed by atoms with van der Waals surface area (Å²) in [6.07, 6.45) is 1.96. The zero-order valence-electron chi connectivity index (χ0n) is 10.1. The molecule has 1 amide bonds. The number of carbonyl (C=O) groups is 1. The number of amides is 1. The molecule has 0 spiro atoms. The first-order valence-electron chi connectivity index (χ1n) is 5.97. The molecule has 1 fully saturated rings. The van der Waals surface area contributed by atoms with Crippen molar-refractivity contribution >= 4 is 11.6 Å². The Bertz CT molecular complexity index is 517. The third-order valence-corrected chi connectivity index (χ3v) is 3.16. The van der Waals surface area contributed by atoms with Crippen molar-refractivity contribution in [2.75, 3.05) is 6.54 Å². The van der Waals surface area contributed by atoms with Crippen LogP contribution in [0.4, 0.5) is 10.1 Å². The molecule has 1 unspecified atom stereocenters. The predicted octanol–water partition coefficient (Wildman–Crippen LogP) is 1.20. The van der Waals surface area contributed by atoms with E-state index in [1.54, 1.807) is 0 Å². The van der Waals surface area contributed by atoms with Gasteiger partial charge in [0.2, 0.25) is 0 Å². The van der Waals surface area contributed by atoms with Crippen LogP contribution >= 0.6 is 0 Å². The molecule has 0 saturated heterocycles. The summed E-state index contributed by atoms with van der Waals surface area (Å²) in [6, 6.07) is 2.60. The second kappa shape index (κ2) is 5.31. The highest BCUT2D eigenvalue weighted by atomic mass is 19.1. The Kier molecular flexibility index (Phi) is 3.75. The lowest BCUT2D eigenvalue weighted by Crippen LogP contribution is -2.41. The van der Waals surface area contributed by atoms with Gasteiger partial charge >= 0.3 is 0 Å². The van der Waals surface area contributed by atoms with E-state index in [-0.39, 0.29) is 18.2 Å². The van der Waals surface area contributed by atoms with Crippen LogP contribution in [0.5, 0.6) is 0 Å². The third-order valence-electron chi connectivity index (χ3n) is 3.16. The molecule has 102 valence electrons. The van der Waals surface area contributed by atoms with E-state index in [0.717, 1.165) is 31.0 Å². The summed E-state index contributed by atoms with van der Waals surface area (Å²) in [4.78, 5) is 22.1. The molecule has 0 aliphatic heterocycles. The highest BCUT2D eigenvalue weighted by Crippen LogP contribution is 2.32. The van der Waals surface area contributed by atoms with Crippen molar-refractivity contribution in [2.24, 2.45) is 11.7 Å². The Morgan fingerprint density at radius 2 is 2.26 bits per heavy atom. The van der Waals surface area contributed by atoms with Gasteiger partial charge in [0, 0.05) is 18.7 Å². The molecule has 0 bridgehead atoms. The molecule has 1 aromatic carbocycles. The number of nitrogens with one attached hydrogen (secondary N) is 1. The van der Waals surface area contributed by atoms with Gasteiger partial charge in [-0.25, -0.2) is 4.39 Å². The summed E-state index contributed by atoms with van der Waals surface area (Å²) in [5.41, 5.74) is 4.86. The summed E-state index contributed by atoms with van der Waals surface area (Å²) in [5.74, 6) is -1.03. The molecule has 0 heterocycles. The first-order chi connectivity index (χ1) is 9.02. The van der Waals surface area contributed by atoms with Crippen LogP contribution in [0.1, 0.15) is 23.2 Å². The summed E-state index contributed by atoms with van der Waals surface area (Å²) < 4.78 is 13.1. The van der Waals surface area contributed by atoms with E-state index in [0.29, 0.717) is 5.92 Å². The van der Waals surface area contributed by atoms with Gasteiger partial charge in [-0.3, -0.25) is 14.9 Å². The molecule has 1 aliphatic rings. The summed E-state index contributed by atoms with van der Waals surface area (Å²) >= 11 is 0. The molecular formula is C12H14FN3O3. The molecule has 1 aromatic rings. The highest BCUT2D eigenvalue weighted by Gasteiger charge is 2.32. The van der Waals surface area contributed by atoms with Crippen LogP contribution in [0.25, 0.3) is 0 Å². The number of halogens is 1. The van der Waals surface area contributed by atoms with Crippen molar-refractivity contribution in [1.29, 1.82) is 0 Å². The van der Waals surface area contributed by atoms with Crippen LogP contribution in [0.15, 0.2) is 18.2 Å². The number of nitrogens with zero attached hydrogens (tertiary/aromatic N) is 1. The van der Waals surface area contributed by atoms with Crippen molar-refractivity contribution in [3.05, 3.63) is 39.7 Å². The van der Waals surface area contributed by atoms with Crippen LogP contribution in [-0.2, 0) is 0 Å². The largest absolute Gasteiger partial charge is 0.348 e. The van der Waals surface area contributed by atoms with E-state index in [2.05, 4.69) is 5.32 Å². The van der Waals surface area contributed by atoms with Crippen molar-refractivity contribution in [3.63, 3.8) is 0 Å². The van der Waals surface area contributed by atoms with Gasteiger partial charge < -0.3 is 11.1 Å². The van der Waals surface area contributed by atoms with Crippen LogP contribution in [-0.4, -0.2) is 23.4 Å². The van der Waals surface area contributed by atoms with E-state index in [4.69, 9.17) is 5.73 Å². The van der Waals surface area contributed by atoms with Gasteiger partial charge in [0.25, 0.3) is 11.6 Å². The number of benzene rings is 1. The number of hydrogen-bond acceptors (Lipinski definition) is 4. The van der Waals surface area contributed by atoms with Gasteiger partial charge in [0.05, 0.1) is 4.92 Å². The number of carbonyl (C=O) groups excluding carboxylic acids is 1. The molecule has 2 rings (SSSR count). The predicted molar refractivity (Wildman–Crippen MR) is 66.1 cm³/mol. The summed E-state index contributed by atoms with van der Waals surface area (Å²) in [5, 5.41) is 13.4. The van der Waals surface area contributed by atoms with E-state index >= 15 is 0 Å². The minimum atomic E-state index is -0.705. The lowest BCUT2D eigenvalue weighted by Gasteiger charge is -2.15. The topological polar surface area (TPSA) is 98.3 Å². The summed E-state index contributed by atoms with van der Waals surface area (Å²) in [6.45, 7) is 0.263. The van der Waals surface area contributed by atoms with Crippen molar-refractivity contribution in [1.82, 2.24) is 5.32 Å². The second-order valence-electron chi connectivity index (χ2n) is 4.57. The smallest absolute Gasteiger partial charge is 0.282 e. The SMILES string of the molecule is NCC(NC(=O)c1cc(F)ccc1[N+](=O)[O-])C1CC1. The Labute approximate surface area is 108 Å². The molecule has 1 atom stereocenters. The molecule has 6 nitrogen and oxygen atoms in total. The number of nitro groups is 1. The molecule has 7 heteroatoms. The molecule has 1 aliphatic carbocycles. The Balaban J connectivity index is 2.21. The molecule has 1 saturated carbocycles. The maximum Gasteiger partial charge on any atom is 0.282 e. The molecule has 0 radical (unpaired) electrons. The standard InChI is InChI=1S/C12H14FN3O3/c13-8-3-4-11(16(18)19)9(5-8)12(17)15-10(6-14)7-1-2-7/h3-5,7,10H,1-2,6,14H2,(H,15,17). The first kappa shape index (κ1) is 13.4. The molecule has 3 N–H and O–H groups in total. The van der Waals surface area contributed by atoms with Gasteiger partial charge in [0.1, 0.15) is 11.4 Å². The molecule has 19 heavy (non-hydrogen) atoms. The van der Waals surface area contributed by atoms with E-state index in [1.165, 1.54) is 0 Å². The average molecular weight is 267 g/mol. The Morgan fingerprint density at radius 1 is 1.58 bits per heavy atom. The zero-order chi connectivity index (χ0) is 14.0. The van der Waals surface area contributed by atoms with E-state index in [9.17, 15) is 19.3 Å². The van der Waals surface area contributed by atoms with Gasteiger partial charge in [-0.15, -0.1) is 0 Å². The van der Waals surface area contributed by atoms with Crippen LogP contribution in [0.2, 0.25) is 0 Å². The number of nitro benzene ring substituents is 1. The van der Waals surface area contributed by atoms with Gasteiger partial charge in [-0.2, -0.15) is 0 Å². The van der Waals surface area contributed by atoms with E-state index < -0.39 is 22.3 Å². The second-order valence-corrected chi connectivity index (χ2v) is 4.57.